The van der Waals surface area contributed by atoms with Gasteiger partial charge in [-0.1, -0.05) is 6.92 Å². The van der Waals surface area contributed by atoms with E-state index in [0.29, 0.717) is 12.8 Å². The molecule has 0 heterocycles. The van der Waals surface area contributed by atoms with Gasteiger partial charge in [0.2, 0.25) is 0 Å². The molecule has 0 aromatic carbocycles. The number of aliphatic carboxylic acids is 1. The van der Waals surface area contributed by atoms with Gasteiger partial charge in [-0.15, -0.1) is 0 Å². The number of nitrogens with one attached hydrogen (secondary N) is 2. The SMILES string of the molecule is CCSCC(C)NC(=O)N[C@H]1CC[C@@H](C(=O)O)C1. The standard InChI is InChI=1S/C12H22N2O3S/c1-3-18-7-8(2)13-12(17)14-10-5-4-9(6-10)11(15)16/h8-10H,3-7H2,1-2H3,(H,15,16)(H2,13,14,17)/t8?,9-,10+/m1/s1. The molecule has 3 atom stereocenters. The van der Waals surface area contributed by atoms with Crippen molar-refractivity contribution < 1.29 is 14.7 Å². The normalized spacial score (nSPS) is 24.6. The summed E-state index contributed by atoms with van der Waals surface area (Å²) in [6, 6.07) is -0.0565. The maximum absolute atomic E-state index is 11.7. The van der Waals surface area contributed by atoms with Crippen molar-refractivity contribution in [2.45, 2.75) is 45.2 Å². The average molecular weight is 274 g/mol. The molecule has 0 aromatic heterocycles. The second kappa shape index (κ2) is 7.51. The van der Waals surface area contributed by atoms with E-state index in [9.17, 15) is 9.59 Å². The molecule has 0 radical (unpaired) electrons. The summed E-state index contributed by atoms with van der Waals surface area (Å²) in [5.41, 5.74) is 0. The quantitative estimate of drug-likeness (QED) is 0.688. The third-order valence-electron chi connectivity index (χ3n) is 3.07. The number of urea groups is 1. The van der Waals surface area contributed by atoms with Crippen LogP contribution in [-0.4, -0.2) is 40.7 Å². The maximum atomic E-state index is 11.7. The van der Waals surface area contributed by atoms with Crippen LogP contribution >= 0.6 is 11.8 Å². The number of carbonyl (C=O) groups excluding carboxylic acids is 1. The Labute approximate surface area is 112 Å². The molecule has 3 N–H and O–H groups in total. The number of carbonyl (C=O) groups is 2. The summed E-state index contributed by atoms with van der Waals surface area (Å²) in [5.74, 6) is 0.874. The minimum absolute atomic E-state index is 0.00266. The Kier molecular flexibility index (Phi) is 6.32. The van der Waals surface area contributed by atoms with Crippen LogP contribution in [0.2, 0.25) is 0 Å². The Balaban J connectivity index is 2.23. The second-order valence-electron chi connectivity index (χ2n) is 4.72. The molecule has 1 aliphatic carbocycles. The average Bonchev–Trinajstić information content (AvgIpc) is 2.74. The van der Waals surface area contributed by atoms with Gasteiger partial charge in [-0.25, -0.2) is 4.79 Å². The Morgan fingerprint density at radius 1 is 1.44 bits per heavy atom. The molecule has 6 heteroatoms. The number of carboxylic acids is 1. The van der Waals surface area contributed by atoms with Crippen molar-refractivity contribution in [1.29, 1.82) is 0 Å². The number of hydrogen-bond acceptors (Lipinski definition) is 3. The summed E-state index contributed by atoms with van der Waals surface area (Å²) in [5, 5.41) is 14.6. The lowest BCUT2D eigenvalue weighted by Gasteiger charge is -2.17. The largest absolute Gasteiger partial charge is 0.481 e. The highest BCUT2D eigenvalue weighted by Crippen LogP contribution is 2.25. The Bertz CT molecular complexity index is 299. The maximum Gasteiger partial charge on any atom is 0.315 e. The summed E-state index contributed by atoms with van der Waals surface area (Å²) >= 11 is 1.79. The highest BCUT2D eigenvalue weighted by molar-refractivity contribution is 7.99. The summed E-state index contributed by atoms with van der Waals surface area (Å²) in [4.78, 5) is 22.5. The van der Waals surface area contributed by atoms with Crippen molar-refractivity contribution in [1.82, 2.24) is 10.6 Å². The predicted octanol–water partition coefficient (Wildman–Crippen LogP) is 1.68. The van der Waals surface area contributed by atoms with Crippen LogP contribution in [0.25, 0.3) is 0 Å². The summed E-state index contributed by atoms with van der Waals surface area (Å²) in [7, 11) is 0. The minimum atomic E-state index is -0.757. The predicted molar refractivity (Wildman–Crippen MR) is 72.9 cm³/mol. The number of amides is 2. The van der Waals surface area contributed by atoms with E-state index in [4.69, 9.17) is 5.11 Å². The van der Waals surface area contributed by atoms with Gasteiger partial charge in [-0.3, -0.25) is 4.79 Å². The smallest absolute Gasteiger partial charge is 0.315 e. The first-order chi connectivity index (χ1) is 8.52. The van der Waals surface area contributed by atoms with E-state index in [0.717, 1.165) is 17.9 Å². The number of hydrogen-bond donors (Lipinski definition) is 3. The van der Waals surface area contributed by atoms with Crippen LogP contribution in [-0.2, 0) is 4.79 Å². The highest BCUT2D eigenvalue weighted by atomic mass is 32.2. The van der Waals surface area contributed by atoms with Gasteiger partial charge in [0.05, 0.1) is 5.92 Å². The Hall–Kier alpha value is -0.910. The molecular weight excluding hydrogens is 252 g/mol. The van der Waals surface area contributed by atoms with Crippen molar-refractivity contribution in [2.24, 2.45) is 5.92 Å². The van der Waals surface area contributed by atoms with Gasteiger partial charge in [0.1, 0.15) is 0 Å². The molecule has 0 bridgehead atoms. The molecule has 0 aromatic rings. The molecule has 0 aliphatic heterocycles. The molecule has 1 saturated carbocycles. The first kappa shape index (κ1) is 15.1. The van der Waals surface area contributed by atoms with E-state index in [2.05, 4.69) is 17.6 Å². The van der Waals surface area contributed by atoms with Crippen molar-refractivity contribution in [3.63, 3.8) is 0 Å². The van der Waals surface area contributed by atoms with Crippen molar-refractivity contribution in [2.75, 3.05) is 11.5 Å². The minimum Gasteiger partial charge on any atom is -0.481 e. The fraction of sp³-hybridized carbons (Fsp3) is 0.833. The van der Waals surface area contributed by atoms with E-state index in [-0.39, 0.29) is 24.0 Å². The molecule has 1 rings (SSSR count). The first-order valence-corrected chi connectivity index (χ1v) is 7.56. The molecule has 18 heavy (non-hydrogen) atoms. The third-order valence-corrected chi connectivity index (χ3v) is 4.21. The molecule has 1 aliphatic rings. The zero-order valence-corrected chi connectivity index (χ0v) is 11.8. The monoisotopic (exact) mass is 274 g/mol. The first-order valence-electron chi connectivity index (χ1n) is 6.40. The lowest BCUT2D eigenvalue weighted by molar-refractivity contribution is -0.141. The second-order valence-corrected chi connectivity index (χ2v) is 6.04. The van der Waals surface area contributed by atoms with E-state index in [1.807, 2.05) is 6.92 Å². The van der Waals surface area contributed by atoms with E-state index in [1.165, 1.54) is 0 Å². The van der Waals surface area contributed by atoms with Crippen molar-refractivity contribution in [3.8, 4) is 0 Å². The summed E-state index contributed by atoms with van der Waals surface area (Å²) in [6.07, 6.45) is 1.95. The van der Waals surface area contributed by atoms with Crippen LogP contribution in [0.4, 0.5) is 4.79 Å². The number of thioether (sulfide) groups is 1. The number of rotatable bonds is 6. The molecule has 1 unspecified atom stereocenters. The fourth-order valence-corrected chi connectivity index (χ4v) is 2.80. The van der Waals surface area contributed by atoms with Crippen LogP contribution in [0.3, 0.4) is 0 Å². The van der Waals surface area contributed by atoms with Gasteiger partial charge in [0.15, 0.2) is 0 Å². The number of carboxylic acid groups (broad SMARTS) is 1. The zero-order chi connectivity index (χ0) is 13.5. The fourth-order valence-electron chi connectivity index (χ4n) is 2.12. The van der Waals surface area contributed by atoms with Gasteiger partial charge >= 0.3 is 12.0 Å². The lowest BCUT2D eigenvalue weighted by Crippen LogP contribution is -2.45. The summed E-state index contributed by atoms with van der Waals surface area (Å²) in [6.45, 7) is 4.05. The van der Waals surface area contributed by atoms with E-state index >= 15 is 0 Å². The molecule has 1 fully saturated rings. The van der Waals surface area contributed by atoms with E-state index < -0.39 is 5.97 Å². The van der Waals surface area contributed by atoms with Gasteiger partial charge in [-0.2, -0.15) is 11.8 Å². The molecule has 2 amide bonds. The lowest BCUT2D eigenvalue weighted by atomic mass is 10.1. The summed E-state index contributed by atoms with van der Waals surface area (Å²) < 4.78 is 0. The van der Waals surface area contributed by atoms with Crippen molar-refractivity contribution in [3.05, 3.63) is 0 Å². The van der Waals surface area contributed by atoms with Gasteiger partial charge in [0, 0.05) is 17.8 Å². The van der Waals surface area contributed by atoms with Gasteiger partial charge < -0.3 is 15.7 Å². The Morgan fingerprint density at radius 2 is 2.17 bits per heavy atom. The topological polar surface area (TPSA) is 78.4 Å². The van der Waals surface area contributed by atoms with E-state index in [1.54, 1.807) is 11.8 Å². The molecule has 0 saturated heterocycles. The van der Waals surface area contributed by atoms with Crippen molar-refractivity contribution >= 4 is 23.8 Å². The van der Waals surface area contributed by atoms with Crippen LogP contribution in [0.1, 0.15) is 33.1 Å². The van der Waals surface area contributed by atoms with Crippen LogP contribution in [0.5, 0.6) is 0 Å². The van der Waals surface area contributed by atoms with Crippen LogP contribution in [0.15, 0.2) is 0 Å². The molecule has 0 spiro atoms. The Morgan fingerprint density at radius 3 is 2.72 bits per heavy atom. The molecule has 104 valence electrons. The zero-order valence-electron chi connectivity index (χ0n) is 10.9. The van der Waals surface area contributed by atoms with Gasteiger partial charge in [-0.05, 0) is 31.9 Å². The molecule has 5 nitrogen and oxygen atoms in total. The molecular formula is C12H22N2O3S. The van der Waals surface area contributed by atoms with Crippen LogP contribution in [0, 0.1) is 5.92 Å². The van der Waals surface area contributed by atoms with Crippen LogP contribution < -0.4 is 10.6 Å². The highest BCUT2D eigenvalue weighted by Gasteiger charge is 2.30. The van der Waals surface area contributed by atoms with Gasteiger partial charge in [0.25, 0.3) is 0 Å². The third kappa shape index (κ3) is 5.16.